The fraction of sp³-hybridized carbons (Fsp3) is 0. The van der Waals surface area contributed by atoms with Gasteiger partial charge in [0, 0.05) is 43.6 Å². The minimum atomic E-state index is 0.698. The third-order valence-electron chi connectivity index (χ3n) is 9.43. The van der Waals surface area contributed by atoms with Crippen LogP contribution in [-0.2, 0) is 0 Å². The quantitative estimate of drug-likeness (QED) is 0.198. The van der Waals surface area contributed by atoms with Gasteiger partial charge in [-0.05, 0) is 42.0 Å². The zero-order valence-corrected chi connectivity index (χ0v) is 25.8. The molecule has 7 aromatic carbocycles. The Hall–Kier alpha value is -6.52. The molecule has 0 amide bonds. The Morgan fingerprint density at radius 3 is 1.77 bits per heavy atom. The first kappa shape index (κ1) is 26.7. The van der Waals surface area contributed by atoms with Crippen molar-refractivity contribution in [2.24, 2.45) is 0 Å². The zero-order valence-electron chi connectivity index (χ0n) is 25.8. The molecular weight excluding hydrogens is 587 g/mol. The minimum Gasteiger partial charge on any atom is -0.455 e. The lowest BCUT2D eigenvalue weighted by Gasteiger charge is -2.15. The number of fused-ring (bicyclic) bond motifs is 7. The number of nitrogens with zero attached hydrogens (tertiary/aromatic N) is 3. The van der Waals surface area contributed by atoms with E-state index in [-0.39, 0.29) is 0 Å². The van der Waals surface area contributed by atoms with Gasteiger partial charge in [0.05, 0.1) is 27.9 Å². The van der Waals surface area contributed by atoms with Crippen LogP contribution in [0.25, 0.3) is 94.1 Å². The molecular formula is C44H27N3O. The maximum Gasteiger partial charge on any atom is 0.160 e. The summed E-state index contributed by atoms with van der Waals surface area (Å²) in [5, 5.41) is 5.69. The van der Waals surface area contributed by atoms with E-state index in [1.165, 1.54) is 10.8 Å². The molecule has 0 bridgehead atoms. The molecule has 48 heavy (non-hydrogen) atoms. The zero-order chi connectivity index (χ0) is 31.6. The van der Waals surface area contributed by atoms with Gasteiger partial charge in [0.2, 0.25) is 0 Å². The number of furan rings is 1. The minimum absolute atomic E-state index is 0.698. The Bertz CT molecular complexity index is 2770. The highest BCUT2D eigenvalue weighted by Crippen LogP contribution is 2.43. The molecule has 10 aromatic rings. The molecule has 0 fully saturated rings. The lowest BCUT2D eigenvalue weighted by molar-refractivity contribution is 0.670. The Labute approximate surface area is 276 Å². The van der Waals surface area contributed by atoms with Gasteiger partial charge in [0.15, 0.2) is 5.82 Å². The molecule has 0 unspecified atom stereocenters. The van der Waals surface area contributed by atoms with Gasteiger partial charge in [-0.3, -0.25) is 0 Å². The van der Waals surface area contributed by atoms with E-state index in [1.807, 2.05) is 42.5 Å². The van der Waals surface area contributed by atoms with Crippen molar-refractivity contribution < 1.29 is 4.42 Å². The molecule has 0 saturated heterocycles. The van der Waals surface area contributed by atoms with Crippen LogP contribution in [-0.4, -0.2) is 14.5 Å². The highest BCUT2D eigenvalue weighted by Gasteiger charge is 2.21. The average molecular weight is 614 g/mol. The van der Waals surface area contributed by atoms with Gasteiger partial charge in [-0.1, -0.05) is 127 Å². The van der Waals surface area contributed by atoms with Gasteiger partial charge >= 0.3 is 0 Å². The van der Waals surface area contributed by atoms with Crippen LogP contribution in [0.15, 0.2) is 168 Å². The molecule has 4 heteroatoms. The van der Waals surface area contributed by atoms with Crippen molar-refractivity contribution >= 4 is 54.6 Å². The fourth-order valence-corrected chi connectivity index (χ4v) is 7.23. The van der Waals surface area contributed by atoms with Crippen molar-refractivity contribution in [3.63, 3.8) is 0 Å². The second-order valence-electron chi connectivity index (χ2n) is 12.2. The van der Waals surface area contributed by atoms with Crippen molar-refractivity contribution in [1.82, 2.24) is 14.5 Å². The molecule has 0 atom stereocenters. The van der Waals surface area contributed by atoms with Crippen molar-refractivity contribution in [1.29, 1.82) is 0 Å². The van der Waals surface area contributed by atoms with E-state index in [0.29, 0.717) is 5.82 Å². The monoisotopic (exact) mass is 613 g/mol. The smallest absolute Gasteiger partial charge is 0.160 e. The molecule has 0 radical (unpaired) electrons. The van der Waals surface area contributed by atoms with Crippen LogP contribution in [0.4, 0.5) is 0 Å². The molecule has 0 aliphatic rings. The summed E-state index contributed by atoms with van der Waals surface area (Å²) >= 11 is 0. The molecule has 0 aliphatic carbocycles. The molecule has 0 aliphatic heterocycles. The number of aromatic nitrogens is 3. The second kappa shape index (κ2) is 10.5. The predicted molar refractivity (Wildman–Crippen MR) is 197 cm³/mol. The van der Waals surface area contributed by atoms with E-state index >= 15 is 0 Å². The Morgan fingerprint density at radius 1 is 0.417 bits per heavy atom. The van der Waals surface area contributed by atoms with Gasteiger partial charge in [-0.25, -0.2) is 9.97 Å². The summed E-state index contributed by atoms with van der Waals surface area (Å²) in [6, 6.07) is 57.1. The van der Waals surface area contributed by atoms with Crippen LogP contribution in [0.3, 0.4) is 0 Å². The summed E-state index contributed by atoms with van der Waals surface area (Å²) in [5.41, 5.74) is 11.1. The van der Waals surface area contributed by atoms with Gasteiger partial charge in [0.25, 0.3) is 0 Å². The van der Waals surface area contributed by atoms with Crippen LogP contribution in [0.5, 0.6) is 0 Å². The summed E-state index contributed by atoms with van der Waals surface area (Å²) in [4.78, 5) is 10.1. The van der Waals surface area contributed by atoms with Gasteiger partial charge in [-0.15, -0.1) is 0 Å². The molecule has 0 saturated carbocycles. The summed E-state index contributed by atoms with van der Waals surface area (Å²) < 4.78 is 9.06. The number of benzene rings is 7. The van der Waals surface area contributed by atoms with Gasteiger partial charge in [-0.2, -0.15) is 0 Å². The first-order valence-corrected chi connectivity index (χ1v) is 16.2. The molecule has 3 aromatic heterocycles. The molecule has 0 N–H and O–H groups in total. The average Bonchev–Trinajstić information content (AvgIpc) is 3.70. The van der Waals surface area contributed by atoms with Crippen molar-refractivity contribution in [3.8, 4) is 39.5 Å². The molecule has 4 nitrogen and oxygen atoms in total. The number of rotatable bonds is 4. The highest BCUT2D eigenvalue weighted by molar-refractivity contribution is 6.14. The van der Waals surface area contributed by atoms with Crippen molar-refractivity contribution in [3.05, 3.63) is 164 Å². The van der Waals surface area contributed by atoms with Gasteiger partial charge in [0.1, 0.15) is 11.2 Å². The molecule has 0 spiro atoms. The Balaban J connectivity index is 1.21. The van der Waals surface area contributed by atoms with Gasteiger partial charge < -0.3 is 8.98 Å². The maximum absolute atomic E-state index is 6.69. The second-order valence-corrected chi connectivity index (χ2v) is 12.2. The Morgan fingerprint density at radius 2 is 1.02 bits per heavy atom. The van der Waals surface area contributed by atoms with E-state index in [4.69, 9.17) is 14.4 Å². The van der Waals surface area contributed by atoms with E-state index in [9.17, 15) is 0 Å². The highest BCUT2D eigenvalue weighted by atomic mass is 16.3. The summed E-state index contributed by atoms with van der Waals surface area (Å²) in [6.45, 7) is 0. The number of hydrogen-bond donors (Lipinski definition) is 0. The number of para-hydroxylation sites is 4. The lowest BCUT2D eigenvalue weighted by Crippen LogP contribution is -1.98. The first-order valence-electron chi connectivity index (χ1n) is 16.2. The van der Waals surface area contributed by atoms with Crippen LogP contribution >= 0.6 is 0 Å². The third-order valence-corrected chi connectivity index (χ3v) is 9.43. The summed E-state index contributed by atoms with van der Waals surface area (Å²) in [7, 11) is 0. The topological polar surface area (TPSA) is 43.9 Å². The van der Waals surface area contributed by atoms with Crippen molar-refractivity contribution in [2.75, 3.05) is 0 Å². The third kappa shape index (κ3) is 4.03. The molecule has 10 rings (SSSR count). The van der Waals surface area contributed by atoms with Crippen LogP contribution < -0.4 is 0 Å². The summed E-state index contributed by atoms with van der Waals surface area (Å²) in [5.74, 6) is 0.698. The number of hydrogen-bond acceptors (Lipinski definition) is 3. The predicted octanol–water partition coefficient (Wildman–Crippen LogP) is 11.6. The first-order chi connectivity index (χ1) is 23.8. The SMILES string of the molecule is c1ccc(-c2nc(-c3ccc(-c4c(-n5c6ccccc6c6ccccc65)ccc5c4oc4ccccc45)cc3)nc3ccccc23)cc1. The van der Waals surface area contributed by atoms with Crippen LogP contribution in [0.2, 0.25) is 0 Å². The summed E-state index contributed by atoms with van der Waals surface area (Å²) in [6.07, 6.45) is 0. The maximum atomic E-state index is 6.69. The van der Waals surface area contributed by atoms with Crippen LogP contribution in [0, 0.1) is 0 Å². The fourth-order valence-electron chi connectivity index (χ4n) is 7.23. The lowest BCUT2D eigenvalue weighted by atomic mass is 9.98. The van der Waals surface area contributed by atoms with Crippen LogP contribution in [0.1, 0.15) is 0 Å². The van der Waals surface area contributed by atoms with E-state index in [2.05, 4.69) is 126 Å². The Kier molecular flexibility index (Phi) is 5.84. The largest absolute Gasteiger partial charge is 0.455 e. The normalized spacial score (nSPS) is 11.8. The van der Waals surface area contributed by atoms with E-state index in [1.54, 1.807) is 0 Å². The van der Waals surface area contributed by atoms with E-state index in [0.717, 1.165) is 77.5 Å². The standard InChI is InChI=1S/C44H27N3O/c1-2-12-29(13-3-1)42-35-17-4-8-18-36(35)45-44(46-42)30-24-22-28(23-25-30)41-39(27-26-34-33-16-7-11-21-40(33)48-43(34)41)47-37-19-9-5-14-31(37)32-15-6-10-20-38(32)47/h1-27H. The van der Waals surface area contributed by atoms with E-state index < -0.39 is 0 Å². The van der Waals surface area contributed by atoms with Crippen molar-refractivity contribution in [2.45, 2.75) is 0 Å². The molecule has 3 heterocycles. The molecule has 224 valence electrons.